The number of alkyl halides is 1. The number of rotatable bonds is 27. The zero-order valence-electron chi connectivity index (χ0n) is 57.2. The minimum atomic E-state index is -4.49. The highest BCUT2D eigenvalue weighted by atomic mass is 32.3. The molecule has 25 heteroatoms. The fourth-order valence-electron chi connectivity index (χ4n) is 9.16. The van der Waals surface area contributed by atoms with E-state index in [0.717, 1.165) is 29.7 Å². The molecule has 0 aliphatic heterocycles. The molecule has 0 N–H and O–H groups in total. The number of terminal acetylenes is 2. The van der Waals surface area contributed by atoms with Gasteiger partial charge < -0.3 is 18.1 Å². The van der Waals surface area contributed by atoms with Crippen LogP contribution in [0.2, 0.25) is 18.1 Å². The van der Waals surface area contributed by atoms with Crippen LogP contribution in [0, 0.1) is 31.6 Å². The summed E-state index contributed by atoms with van der Waals surface area (Å²) in [6, 6.07) is 63.7. The molecule has 0 spiro atoms. The molecule has 0 bridgehead atoms. The first-order valence-electron chi connectivity index (χ1n) is 30.2. The number of hydrogen-bond acceptors (Lipinski definition) is 15. The van der Waals surface area contributed by atoms with Crippen molar-refractivity contribution in [2.75, 3.05) is 77.4 Å². The Bertz CT molecular complexity index is 3840. The number of ether oxygens (including phenoxy) is 1. The number of aryl methyl sites for hydroxylation is 1. The van der Waals surface area contributed by atoms with Gasteiger partial charge in [-0.3, -0.25) is 18.7 Å². The van der Waals surface area contributed by atoms with Crippen molar-refractivity contribution in [1.29, 1.82) is 0 Å². The van der Waals surface area contributed by atoms with Gasteiger partial charge in [0.15, 0.2) is 0 Å². The smallest absolute Gasteiger partial charge is 0.335 e. The van der Waals surface area contributed by atoms with E-state index in [1.807, 2.05) is 54.6 Å². The first-order valence-corrected chi connectivity index (χ1v) is 40.2. The van der Waals surface area contributed by atoms with Crippen molar-refractivity contribution in [2.45, 2.75) is 84.4 Å². The summed E-state index contributed by atoms with van der Waals surface area (Å²) in [7, 11) is -13.2. The number of benzene rings is 7. The zero-order chi connectivity index (χ0) is 71.2. The van der Waals surface area contributed by atoms with E-state index in [0.29, 0.717) is 0 Å². The average Bonchev–Trinajstić information content (AvgIpc) is 0.768. The van der Waals surface area contributed by atoms with Crippen LogP contribution in [-0.4, -0.2) is 136 Å². The molecule has 0 aliphatic rings. The van der Waals surface area contributed by atoms with Crippen molar-refractivity contribution < 1.29 is 68.9 Å². The lowest BCUT2D eigenvalue weighted by molar-refractivity contribution is -0.0000342. The van der Waals surface area contributed by atoms with Gasteiger partial charge in [0, 0.05) is 43.7 Å². The van der Waals surface area contributed by atoms with Crippen molar-refractivity contribution in [3.63, 3.8) is 0 Å². The molecule has 0 radical (unpaired) electrons. The summed E-state index contributed by atoms with van der Waals surface area (Å²) >= 11 is -0.750. The standard InChI is InChI=1S/C24H31NO7S2.C22H32OSi.C19H17NP.C7H11F2NO2S.2FH.O2S/c1-6-15-25(16-18-33(26,27)31-5)17-19-34(28,29)32-23-13-9-21(10-14-23)24(2,3)20-7-11-22(30-4)12-8-20;1-17-9-11-18(12-10-17)22(5,6)19-13-15-20(16-14-19)23-24(7,8)21(2,3)4;1-20-21(17-11-5-2-6-12-17,18-13-7-3-8-14-18)19-15-9-4-10-16-19;1-2-4-10(5-3-8)6-7-13(9,11)12;;;1-3-2/h1,7-14H,15-19H2,2-5H3;9-16H,1-8H3;2-16H,1H2;1H,3-7H2;2*1H;/q;;+1;;;;/p-1. The zero-order valence-corrected chi connectivity index (χ0v) is 62.4. The molecular weight excluding hydrogens is 1360 g/mol. The average molecular weight is 1450 g/mol. The van der Waals surface area contributed by atoms with Gasteiger partial charge in [-0.2, -0.15) is 33.7 Å². The van der Waals surface area contributed by atoms with Crippen molar-refractivity contribution >= 4 is 80.4 Å². The number of hydrogen-bond donors (Lipinski definition) is 0. The lowest BCUT2D eigenvalue weighted by atomic mass is 9.78. The van der Waals surface area contributed by atoms with E-state index in [2.05, 4.69) is 213 Å². The molecule has 0 amide bonds. The van der Waals surface area contributed by atoms with Gasteiger partial charge in [-0.1, -0.05) is 181 Å². The Labute approximate surface area is 579 Å². The van der Waals surface area contributed by atoms with Crippen LogP contribution in [0.1, 0.15) is 76.3 Å². The predicted octanol–water partition coefficient (Wildman–Crippen LogP) is 9.62. The Balaban J connectivity index is 0.000000662. The summed E-state index contributed by atoms with van der Waals surface area (Å²) in [6.45, 7) is 25.8. The molecule has 97 heavy (non-hydrogen) atoms. The topological polar surface area (TPSA) is 192 Å². The Morgan fingerprint density at radius 2 is 0.876 bits per heavy atom. The quantitative estimate of drug-likeness (QED) is 0.00899. The van der Waals surface area contributed by atoms with Crippen LogP contribution >= 0.6 is 7.41 Å². The van der Waals surface area contributed by atoms with Gasteiger partial charge in [0.1, 0.15) is 39.8 Å². The van der Waals surface area contributed by atoms with Gasteiger partial charge in [0.05, 0.1) is 44.6 Å². The van der Waals surface area contributed by atoms with E-state index in [4.69, 9.17) is 39.4 Å². The number of halogens is 4. The van der Waals surface area contributed by atoms with Crippen LogP contribution in [-0.2, 0) is 57.0 Å². The molecule has 0 aliphatic carbocycles. The van der Waals surface area contributed by atoms with Crippen LogP contribution in [0.25, 0.3) is 0 Å². The predicted molar refractivity (Wildman–Crippen MR) is 392 cm³/mol. The van der Waals surface area contributed by atoms with Crippen molar-refractivity contribution in [1.82, 2.24) is 9.80 Å². The molecule has 0 unspecified atom stereocenters. The van der Waals surface area contributed by atoms with Crippen molar-refractivity contribution in [3.8, 4) is 41.9 Å². The lowest BCUT2D eigenvalue weighted by Gasteiger charge is -2.36. The fourth-order valence-corrected chi connectivity index (χ4v) is 15.5. The Morgan fingerprint density at radius 1 is 0.546 bits per heavy atom. The van der Waals surface area contributed by atoms with E-state index in [1.165, 1.54) is 42.4 Å². The highest BCUT2D eigenvalue weighted by Crippen LogP contribution is 2.56. The van der Waals surface area contributed by atoms with E-state index >= 15 is 0 Å². The molecule has 7 rings (SSSR count). The largest absolute Gasteiger partial charge is 1.00 e. The normalized spacial score (nSPS) is 11.6. The van der Waals surface area contributed by atoms with Crippen LogP contribution < -0.4 is 34.0 Å². The second kappa shape index (κ2) is 41.1. The second-order valence-corrected chi connectivity index (χ2v) is 37.3. The van der Waals surface area contributed by atoms with Crippen molar-refractivity contribution in [2.24, 2.45) is 4.76 Å². The summed E-state index contributed by atoms with van der Waals surface area (Å²) in [5.74, 6) is 5.30. The van der Waals surface area contributed by atoms with Gasteiger partial charge in [0.2, 0.25) is 15.7 Å². The maximum Gasteiger partial charge on any atom is 0.335 e. The summed E-state index contributed by atoms with van der Waals surface area (Å²) in [5, 5.41) is 3.92. The van der Waals surface area contributed by atoms with Gasteiger partial charge in [0.25, 0.3) is 10.1 Å². The third-order valence-electron chi connectivity index (χ3n) is 16.0. The minimum absolute atomic E-state index is 0. The van der Waals surface area contributed by atoms with Gasteiger partial charge in [-0.25, -0.2) is 4.39 Å². The summed E-state index contributed by atoms with van der Waals surface area (Å²) in [5.41, 5.74) is 5.69. The Kier molecular flexibility index (Phi) is 37.2. The Hall–Kier alpha value is -7.35. The van der Waals surface area contributed by atoms with E-state index in [9.17, 15) is 33.5 Å². The fraction of sp³-hybridized carbons (Fsp3) is 0.347. The first-order chi connectivity index (χ1) is 44.6. The third-order valence-corrected chi connectivity index (χ3v) is 26.9. The molecular formula is C72H92F4N3O12PS4Si. The van der Waals surface area contributed by atoms with E-state index < -0.39 is 70.2 Å². The molecule has 0 saturated carbocycles. The lowest BCUT2D eigenvalue weighted by Crippen LogP contribution is -3.00. The second-order valence-electron chi connectivity index (χ2n) is 24.3. The van der Waals surface area contributed by atoms with Gasteiger partial charge in [-0.05, 0) is 120 Å². The van der Waals surface area contributed by atoms with Crippen LogP contribution in [0.3, 0.4) is 0 Å². The van der Waals surface area contributed by atoms with E-state index in [-0.39, 0.29) is 81.8 Å². The maximum absolute atomic E-state index is 12.5. The summed E-state index contributed by atoms with van der Waals surface area (Å²) in [6.07, 6.45) is 10.3. The molecule has 0 saturated heterocycles. The highest BCUT2D eigenvalue weighted by Gasteiger charge is 2.45. The van der Waals surface area contributed by atoms with Crippen LogP contribution in [0.15, 0.2) is 193 Å². The first kappa shape index (κ1) is 87.7. The van der Waals surface area contributed by atoms with Crippen molar-refractivity contribution in [3.05, 3.63) is 216 Å². The molecule has 0 fully saturated rings. The maximum atomic E-state index is 12.5. The summed E-state index contributed by atoms with van der Waals surface area (Å²) < 4.78 is 135. The monoisotopic (exact) mass is 1450 g/mol. The third kappa shape index (κ3) is 28.6. The van der Waals surface area contributed by atoms with Crippen LogP contribution in [0.4, 0.5) is 13.0 Å². The molecule has 7 aromatic carbocycles. The van der Waals surface area contributed by atoms with Crippen LogP contribution in [0.5, 0.6) is 17.2 Å². The summed E-state index contributed by atoms with van der Waals surface area (Å²) in [4.78, 5) is 2.90. The SMILES string of the molecule is C#CCN(CCF)CCS(=O)(=O)F.C#CCN(CCS(=O)(=O)OC)CCS(=O)(=O)Oc1ccc(C(C)(C)c2ccc(OC)cc2)cc1.C=N[P+](c1ccccc1)(c1ccccc1)c1ccccc1.Cc1ccc(C(C)(C)c2ccc(O[Si](C)(C)C(C)(C)C)cc2)cc1.F.O=S=O.[F-]. The molecule has 0 heterocycles. The molecule has 0 aromatic heterocycles. The van der Waals surface area contributed by atoms with Gasteiger partial charge in [-0.15, -0.1) is 21.5 Å². The molecule has 528 valence electrons. The number of methoxy groups -OCH3 is 1. The molecule has 0 atom stereocenters. The number of nitrogens with zero attached hydrogens (tertiary/aromatic N) is 3. The van der Waals surface area contributed by atoms with Gasteiger partial charge >= 0.3 is 31.9 Å². The molecule has 7 aromatic rings. The van der Waals surface area contributed by atoms with E-state index in [1.54, 1.807) is 19.2 Å². The Morgan fingerprint density at radius 3 is 1.20 bits per heavy atom. The highest BCUT2D eigenvalue weighted by molar-refractivity contribution is 7.94. The molecule has 15 nitrogen and oxygen atoms in total. The minimum Gasteiger partial charge on any atom is -1.00 e.